The Kier molecular flexibility index (Phi) is 10.8. The predicted octanol–water partition coefficient (Wildman–Crippen LogP) is 4.55. The number of hydrogen-bond donors (Lipinski definition) is 1. The van der Waals surface area contributed by atoms with E-state index in [0.29, 0.717) is 0 Å². The van der Waals surface area contributed by atoms with Gasteiger partial charge >= 0.3 is 0 Å². The summed E-state index contributed by atoms with van der Waals surface area (Å²) >= 11 is 0. The van der Waals surface area contributed by atoms with Crippen LogP contribution in [0.4, 0.5) is 0 Å². The van der Waals surface area contributed by atoms with Crippen molar-refractivity contribution < 1.29 is 0 Å². The van der Waals surface area contributed by atoms with Crippen LogP contribution in [0, 0.1) is 0 Å². The second-order valence-electron chi connectivity index (χ2n) is 7.30. The summed E-state index contributed by atoms with van der Waals surface area (Å²) in [6, 6.07) is 10.1. The van der Waals surface area contributed by atoms with Gasteiger partial charge in [0, 0.05) is 49.5 Å². The molecule has 0 amide bonds. The van der Waals surface area contributed by atoms with E-state index in [4.69, 9.17) is 0 Å². The van der Waals surface area contributed by atoms with Crippen LogP contribution in [0.15, 0.2) is 85.4 Å². The highest BCUT2D eigenvalue weighted by Crippen LogP contribution is 2.13. The minimum Gasteiger partial charge on any atom is -0.356 e. The third-order valence-corrected chi connectivity index (χ3v) is 4.94. The van der Waals surface area contributed by atoms with Crippen LogP contribution in [0.1, 0.15) is 19.4 Å². The molecule has 4 nitrogen and oxygen atoms in total. The lowest BCUT2D eigenvalue weighted by molar-refractivity contribution is 0.265. The molecule has 0 aromatic heterocycles. The zero-order valence-electron chi connectivity index (χ0n) is 18.9. The summed E-state index contributed by atoms with van der Waals surface area (Å²) in [6.45, 7) is 20.6. The second-order valence-corrected chi connectivity index (χ2v) is 7.30. The average Bonchev–Trinajstić information content (AvgIpc) is 2.74. The van der Waals surface area contributed by atoms with Gasteiger partial charge in [-0.15, -0.1) is 0 Å². The number of allylic oxidation sites excluding steroid dienone is 3. The fourth-order valence-electron chi connectivity index (χ4n) is 2.59. The summed E-state index contributed by atoms with van der Waals surface area (Å²) in [5.41, 5.74) is 4.82. The first kappa shape index (κ1) is 24.5. The molecule has 0 aliphatic rings. The molecule has 0 radical (unpaired) electrons. The van der Waals surface area contributed by atoms with Crippen molar-refractivity contribution in [3.8, 4) is 0 Å². The summed E-state index contributed by atoms with van der Waals surface area (Å²) in [5.74, 6) is 0. The van der Waals surface area contributed by atoms with Gasteiger partial charge in [0.15, 0.2) is 0 Å². The van der Waals surface area contributed by atoms with Crippen molar-refractivity contribution in [2.45, 2.75) is 13.8 Å². The Balaban J connectivity index is 2.57. The Hall–Kier alpha value is -2.56. The van der Waals surface area contributed by atoms with Crippen LogP contribution in [-0.4, -0.2) is 62.0 Å². The standard InChI is InChI=1S/C25H38N4/c1-9-25(26-23(5)24-14-12-11-13-15-24)17-16-21(3)29(8)22(4)20-28(7)19-18-27(6)10-2/h9,11-17,26H,3-5,10,18-20H2,1-2,6-8H3/b17-16-,25-9+. The number of nitrogens with one attached hydrogen (secondary N) is 1. The molecule has 4 heteroatoms. The van der Waals surface area contributed by atoms with Gasteiger partial charge < -0.3 is 15.1 Å². The molecule has 0 spiro atoms. The molecule has 0 unspecified atom stereocenters. The summed E-state index contributed by atoms with van der Waals surface area (Å²) < 4.78 is 0. The third kappa shape index (κ3) is 8.99. The molecule has 0 saturated heterocycles. The molecule has 1 aromatic carbocycles. The van der Waals surface area contributed by atoms with Crippen molar-refractivity contribution in [1.29, 1.82) is 0 Å². The van der Waals surface area contributed by atoms with Crippen molar-refractivity contribution in [3.63, 3.8) is 0 Å². The van der Waals surface area contributed by atoms with Gasteiger partial charge in [-0.25, -0.2) is 0 Å². The van der Waals surface area contributed by atoms with Gasteiger partial charge in [-0.05, 0) is 45.3 Å². The minimum atomic E-state index is 0.806. The van der Waals surface area contributed by atoms with Crippen LogP contribution in [0.2, 0.25) is 0 Å². The van der Waals surface area contributed by atoms with Crippen molar-refractivity contribution in [2.75, 3.05) is 47.3 Å². The second kappa shape index (κ2) is 12.8. The van der Waals surface area contributed by atoms with Gasteiger partial charge in [0.1, 0.15) is 0 Å². The minimum absolute atomic E-state index is 0.806. The van der Waals surface area contributed by atoms with E-state index in [1.54, 1.807) is 0 Å². The summed E-state index contributed by atoms with van der Waals surface area (Å²) in [6.07, 6.45) is 6.03. The van der Waals surface area contributed by atoms with Crippen LogP contribution in [0.5, 0.6) is 0 Å². The molecule has 0 aliphatic carbocycles. The Labute approximate surface area is 178 Å². The molecular formula is C25H38N4. The third-order valence-electron chi connectivity index (χ3n) is 4.94. The maximum absolute atomic E-state index is 4.23. The number of likely N-dealkylation sites (N-methyl/N-ethyl adjacent to an activating group) is 3. The quantitative estimate of drug-likeness (QED) is 0.496. The Morgan fingerprint density at radius 1 is 0.966 bits per heavy atom. The predicted molar refractivity (Wildman–Crippen MR) is 128 cm³/mol. The number of hydrogen-bond acceptors (Lipinski definition) is 4. The molecule has 0 heterocycles. The topological polar surface area (TPSA) is 21.8 Å². The van der Waals surface area contributed by atoms with Crippen LogP contribution >= 0.6 is 0 Å². The van der Waals surface area contributed by atoms with Gasteiger partial charge in [0.05, 0.1) is 0 Å². The van der Waals surface area contributed by atoms with E-state index in [1.807, 2.05) is 67.4 Å². The maximum atomic E-state index is 4.23. The zero-order valence-corrected chi connectivity index (χ0v) is 18.9. The average molecular weight is 395 g/mol. The molecule has 1 aromatic rings. The van der Waals surface area contributed by atoms with Crippen LogP contribution in [0.25, 0.3) is 5.70 Å². The fourth-order valence-corrected chi connectivity index (χ4v) is 2.59. The highest BCUT2D eigenvalue weighted by molar-refractivity contribution is 5.63. The smallest absolute Gasteiger partial charge is 0.0384 e. The lowest BCUT2D eigenvalue weighted by Crippen LogP contribution is -2.34. The normalized spacial score (nSPS) is 11.9. The number of nitrogens with zero attached hydrogens (tertiary/aromatic N) is 3. The van der Waals surface area contributed by atoms with Gasteiger partial charge in [-0.1, -0.05) is 63.1 Å². The van der Waals surface area contributed by atoms with E-state index in [2.05, 4.69) is 55.9 Å². The van der Waals surface area contributed by atoms with Crippen molar-refractivity contribution in [3.05, 3.63) is 91.0 Å². The highest BCUT2D eigenvalue weighted by Gasteiger charge is 2.08. The maximum Gasteiger partial charge on any atom is 0.0384 e. The SMILES string of the molecule is C=C(NC(/C=C\C(=C)N(C)C(=C)CN(C)CCN(C)CC)=C/C)c1ccccc1. The molecule has 0 fully saturated rings. The first-order valence-corrected chi connectivity index (χ1v) is 10.1. The first-order chi connectivity index (χ1) is 13.8. The first-order valence-electron chi connectivity index (χ1n) is 10.1. The molecule has 1 rings (SSSR count). The van der Waals surface area contributed by atoms with E-state index in [9.17, 15) is 0 Å². The van der Waals surface area contributed by atoms with Crippen molar-refractivity contribution >= 4 is 5.70 Å². The van der Waals surface area contributed by atoms with Crippen molar-refractivity contribution in [2.24, 2.45) is 0 Å². The largest absolute Gasteiger partial charge is 0.356 e. The molecular weight excluding hydrogens is 356 g/mol. The van der Waals surface area contributed by atoms with Gasteiger partial charge in [0.25, 0.3) is 0 Å². The highest BCUT2D eigenvalue weighted by atomic mass is 15.2. The molecule has 0 saturated carbocycles. The van der Waals surface area contributed by atoms with E-state index in [1.165, 1.54) is 0 Å². The summed E-state index contributed by atoms with van der Waals surface area (Å²) in [4.78, 5) is 6.63. The van der Waals surface area contributed by atoms with Crippen LogP contribution in [0.3, 0.4) is 0 Å². The Bertz CT molecular complexity index is 730. The van der Waals surface area contributed by atoms with Gasteiger partial charge in [-0.3, -0.25) is 4.90 Å². The van der Waals surface area contributed by atoms with E-state index in [0.717, 1.165) is 54.5 Å². The molecule has 0 bridgehead atoms. The molecule has 1 N–H and O–H groups in total. The molecule has 29 heavy (non-hydrogen) atoms. The lowest BCUT2D eigenvalue weighted by Gasteiger charge is -2.27. The fraction of sp³-hybridized carbons (Fsp3) is 0.360. The summed E-state index contributed by atoms with van der Waals surface area (Å²) in [7, 11) is 6.27. The van der Waals surface area contributed by atoms with Crippen LogP contribution < -0.4 is 5.32 Å². The Morgan fingerprint density at radius 3 is 2.17 bits per heavy atom. The van der Waals surface area contributed by atoms with E-state index < -0.39 is 0 Å². The van der Waals surface area contributed by atoms with E-state index in [-0.39, 0.29) is 0 Å². The van der Waals surface area contributed by atoms with Gasteiger partial charge in [-0.2, -0.15) is 0 Å². The number of rotatable bonds is 13. The zero-order chi connectivity index (χ0) is 21.8. The van der Waals surface area contributed by atoms with Gasteiger partial charge in [0.2, 0.25) is 0 Å². The monoisotopic (exact) mass is 394 g/mol. The molecule has 0 atom stereocenters. The number of benzene rings is 1. The molecule has 158 valence electrons. The van der Waals surface area contributed by atoms with Crippen molar-refractivity contribution in [1.82, 2.24) is 20.0 Å². The molecule has 0 aliphatic heterocycles. The van der Waals surface area contributed by atoms with E-state index >= 15 is 0 Å². The van der Waals surface area contributed by atoms with Crippen LogP contribution in [-0.2, 0) is 0 Å². The Morgan fingerprint density at radius 2 is 1.59 bits per heavy atom. The summed E-state index contributed by atoms with van der Waals surface area (Å²) in [5, 5.41) is 3.36. The lowest BCUT2D eigenvalue weighted by atomic mass is 10.1.